The number of esters is 1. The lowest BCUT2D eigenvalue weighted by Crippen LogP contribution is -2.04. The Morgan fingerprint density at radius 3 is 2.68 bits per heavy atom. The van der Waals surface area contributed by atoms with Crippen LogP contribution in [0.3, 0.4) is 0 Å². The molecule has 0 amide bonds. The highest BCUT2D eigenvalue weighted by atomic mass is 16.5. The Labute approximate surface area is 129 Å². The molecule has 0 aliphatic rings. The van der Waals surface area contributed by atoms with Crippen LogP contribution in [0.4, 0.5) is 0 Å². The normalized spacial score (nSPS) is 10.6. The summed E-state index contributed by atoms with van der Waals surface area (Å²) in [5.41, 5.74) is 1.87. The number of hydrogen-bond donors (Lipinski definition) is 1. The van der Waals surface area contributed by atoms with Gasteiger partial charge < -0.3 is 14.6 Å². The van der Waals surface area contributed by atoms with Gasteiger partial charge in [-0.05, 0) is 29.3 Å². The zero-order chi connectivity index (χ0) is 15.8. The molecule has 0 bridgehead atoms. The fourth-order valence-corrected chi connectivity index (χ4v) is 1.92. The highest BCUT2D eigenvalue weighted by Gasteiger charge is 2.02. The van der Waals surface area contributed by atoms with Crippen molar-refractivity contribution in [3.05, 3.63) is 65.7 Å². The highest BCUT2D eigenvalue weighted by molar-refractivity contribution is 5.87. The van der Waals surface area contributed by atoms with E-state index in [1.54, 1.807) is 18.2 Å². The first-order chi connectivity index (χ1) is 10.7. The molecule has 2 aromatic carbocycles. The van der Waals surface area contributed by atoms with E-state index in [9.17, 15) is 9.90 Å². The predicted octanol–water partition coefficient (Wildman–Crippen LogP) is 3.20. The van der Waals surface area contributed by atoms with Crippen LogP contribution < -0.4 is 4.74 Å². The molecule has 114 valence electrons. The maximum atomic E-state index is 11.6. The van der Waals surface area contributed by atoms with E-state index in [2.05, 4.69) is 0 Å². The van der Waals surface area contributed by atoms with Crippen LogP contribution in [-0.2, 0) is 16.0 Å². The topological polar surface area (TPSA) is 55.8 Å². The van der Waals surface area contributed by atoms with E-state index in [1.165, 1.54) is 19.3 Å². The Hall–Kier alpha value is -2.75. The molecule has 0 spiro atoms. The lowest BCUT2D eigenvalue weighted by atomic mass is 10.2. The lowest BCUT2D eigenvalue weighted by molar-refractivity contribution is -0.137. The molecule has 0 aromatic heterocycles. The summed E-state index contributed by atoms with van der Waals surface area (Å²) in [6, 6.07) is 14.7. The molecule has 0 aliphatic heterocycles. The third-order valence-corrected chi connectivity index (χ3v) is 3.09. The second-order valence-corrected chi connectivity index (χ2v) is 4.67. The van der Waals surface area contributed by atoms with Crippen LogP contribution in [-0.4, -0.2) is 24.8 Å². The quantitative estimate of drug-likeness (QED) is 0.657. The van der Waals surface area contributed by atoms with Crippen molar-refractivity contribution in [3.8, 4) is 11.5 Å². The molecule has 0 radical (unpaired) electrons. The molecule has 2 rings (SSSR count). The molecule has 4 heteroatoms. The Morgan fingerprint density at radius 1 is 1.18 bits per heavy atom. The minimum Gasteiger partial charge on any atom is -0.504 e. The first kappa shape index (κ1) is 15.6. The van der Waals surface area contributed by atoms with Gasteiger partial charge in [0.1, 0.15) is 0 Å². The fourth-order valence-electron chi connectivity index (χ4n) is 1.92. The van der Waals surface area contributed by atoms with Crippen LogP contribution in [0.25, 0.3) is 6.08 Å². The molecule has 0 saturated carbocycles. The van der Waals surface area contributed by atoms with Gasteiger partial charge in [0.25, 0.3) is 0 Å². The van der Waals surface area contributed by atoms with E-state index in [1.807, 2.05) is 30.3 Å². The molecule has 0 saturated heterocycles. The van der Waals surface area contributed by atoms with Crippen molar-refractivity contribution >= 4 is 12.0 Å². The van der Waals surface area contributed by atoms with E-state index >= 15 is 0 Å². The number of phenols is 1. The van der Waals surface area contributed by atoms with Crippen LogP contribution in [0.1, 0.15) is 11.1 Å². The number of methoxy groups -OCH3 is 1. The first-order valence-corrected chi connectivity index (χ1v) is 6.95. The number of phenolic OH excluding ortho intramolecular Hbond substituents is 1. The molecule has 4 nitrogen and oxygen atoms in total. The number of hydrogen-bond acceptors (Lipinski definition) is 4. The summed E-state index contributed by atoms with van der Waals surface area (Å²) in [7, 11) is 1.47. The second kappa shape index (κ2) is 7.88. The monoisotopic (exact) mass is 298 g/mol. The van der Waals surface area contributed by atoms with Crippen molar-refractivity contribution < 1.29 is 19.4 Å². The third-order valence-electron chi connectivity index (χ3n) is 3.09. The van der Waals surface area contributed by atoms with Crippen LogP contribution in [0, 0.1) is 0 Å². The summed E-state index contributed by atoms with van der Waals surface area (Å²) in [6.45, 7) is 0.339. The fraction of sp³-hybridized carbons (Fsp3) is 0.167. The molecule has 0 aliphatic carbocycles. The maximum absolute atomic E-state index is 11.6. The average molecular weight is 298 g/mol. The van der Waals surface area contributed by atoms with Gasteiger partial charge >= 0.3 is 5.97 Å². The summed E-state index contributed by atoms with van der Waals surface area (Å²) in [5.74, 6) is 0.0210. The zero-order valence-corrected chi connectivity index (χ0v) is 12.4. The number of rotatable bonds is 6. The number of carbonyl (C=O) groups excluding carboxylic acids is 1. The Balaban J connectivity index is 1.83. The molecule has 2 aromatic rings. The van der Waals surface area contributed by atoms with Gasteiger partial charge in [-0.1, -0.05) is 36.4 Å². The van der Waals surface area contributed by atoms with Gasteiger partial charge in [0.15, 0.2) is 11.5 Å². The minimum atomic E-state index is -0.400. The van der Waals surface area contributed by atoms with E-state index in [0.717, 1.165) is 11.1 Å². The number of ether oxygens (including phenoxy) is 2. The average Bonchev–Trinajstić information content (AvgIpc) is 2.55. The second-order valence-electron chi connectivity index (χ2n) is 4.67. The largest absolute Gasteiger partial charge is 0.504 e. The molecular weight excluding hydrogens is 280 g/mol. The first-order valence-electron chi connectivity index (χ1n) is 6.95. The molecule has 0 heterocycles. The van der Waals surface area contributed by atoms with Crippen molar-refractivity contribution in [3.63, 3.8) is 0 Å². The smallest absolute Gasteiger partial charge is 0.330 e. The number of benzene rings is 2. The SMILES string of the molecule is COc1cc(/C=C/C(=O)OCCc2ccccc2)ccc1O. The van der Waals surface area contributed by atoms with Gasteiger partial charge in [0.05, 0.1) is 13.7 Å². The summed E-state index contributed by atoms with van der Waals surface area (Å²) in [4.78, 5) is 11.6. The summed E-state index contributed by atoms with van der Waals surface area (Å²) in [5, 5.41) is 9.50. The van der Waals surface area contributed by atoms with Gasteiger partial charge in [-0.2, -0.15) is 0 Å². The van der Waals surface area contributed by atoms with Gasteiger partial charge in [-0.25, -0.2) is 4.79 Å². The van der Waals surface area contributed by atoms with Gasteiger partial charge in [0.2, 0.25) is 0 Å². The molecule has 22 heavy (non-hydrogen) atoms. The maximum Gasteiger partial charge on any atom is 0.330 e. The molecule has 0 atom stereocenters. The van der Waals surface area contributed by atoms with Crippen LogP contribution in [0.15, 0.2) is 54.6 Å². The van der Waals surface area contributed by atoms with E-state index < -0.39 is 5.97 Å². The Bertz CT molecular complexity index is 647. The summed E-state index contributed by atoms with van der Waals surface area (Å²) < 4.78 is 10.1. The third kappa shape index (κ3) is 4.66. The van der Waals surface area contributed by atoms with Crippen molar-refractivity contribution in [2.24, 2.45) is 0 Å². The van der Waals surface area contributed by atoms with E-state index in [4.69, 9.17) is 9.47 Å². The minimum absolute atomic E-state index is 0.0603. The van der Waals surface area contributed by atoms with Crippen molar-refractivity contribution in [2.75, 3.05) is 13.7 Å². The number of carbonyl (C=O) groups is 1. The van der Waals surface area contributed by atoms with Gasteiger partial charge in [-0.15, -0.1) is 0 Å². The predicted molar refractivity (Wildman–Crippen MR) is 84.8 cm³/mol. The summed E-state index contributed by atoms with van der Waals surface area (Å²) in [6.07, 6.45) is 3.66. The Kier molecular flexibility index (Phi) is 5.60. The van der Waals surface area contributed by atoms with Gasteiger partial charge in [-0.3, -0.25) is 0 Å². The van der Waals surface area contributed by atoms with Crippen LogP contribution in [0.5, 0.6) is 11.5 Å². The van der Waals surface area contributed by atoms with Crippen molar-refractivity contribution in [1.82, 2.24) is 0 Å². The van der Waals surface area contributed by atoms with Crippen molar-refractivity contribution in [1.29, 1.82) is 0 Å². The Morgan fingerprint density at radius 2 is 1.95 bits per heavy atom. The van der Waals surface area contributed by atoms with E-state index in [0.29, 0.717) is 18.8 Å². The van der Waals surface area contributed by atoms with Crippen LogP contribution in [0.2, 0.25) is 0 Å². The number of aromatic hydroxyl groups is 1. The lowest BCUT2D eigenvalue weighted by Gasteiger charge is -2.04. The van der Waals surface area contributed by atoms with Crippen molar-refractivity contribution in [2.45, 2.75) is 6.42 Å². The molecular formula is C18H18O4. The molecule has 0 unspecified atom stereocenters. The summed E-state index contributed by atoms with van der Waals surface area (Å²) >= 11 is 0. The highest BCUT2D eigenvalue weighted by Crippen LogP contribution is 2.26. The molecule has 1 N–H and O–H groups in total. The van der Waals surface area contributed by atoms with E-state index in [-0.39, 0.29) is 5.75 Å². The van der Waals surface area contributed by atoms with Gasteiger partial charge in [0, 0.05) is 12.5 Å². The standard InChI is InChI=1S/C18H18O4/c1-21-17-13-15(7-9-16(17)19)8-10-18(20)22-12-11-14-5-3-2-4-6-14/h2-10,13,19H,11-12H2,1H3/b10-8+. The zero-order valence-electron chi connectivity index (χ0n) is 12.4. The molecule has 0 fully saturated rings. The van der Waals surface area contributed by atoms with Crippen LogP contribution >= 0.6 is 0 Å².